The number of para-hydroxylation sites is 1. The van der Waals surface area contributed by atoms with Gasteiger partial charge in [0, 0.05) is 9.86 Å². The summed E-state index contributed by atoms with van der Waals surface area (Å²) in [4.78, 5) is 0. The first-order chi connectivity index (χ1) is 9.92. The van der Waals surface area contributed by atoms with Crippen LogP contribution < -0.4 is 4.74 Å². The molecule has 0 spiro atoms. The number of fused-ring (bicyclic) bond motifs is 1. The van der Waals surface area contributed by atoms with E-state index in [1.807, 2.05) is 12.1 Å². The SMILES string of the molecule is FC(F)(F)Oc1ccccc1-c1cc2ccc(Br)cc2o1. The number of halogens is 4. The average Bonchev–Trinajstić information content (AvgIpc) is 2.80. The Morgan fingerprint density at radius 2 is 1.76 bits per heavy atom. The number of rotatable bonds is 2. The molecule has 0 unspecified atom stereocenters. The zero-order valence-electron chi connectivity index (χ0n) is 10.4. The molecule has 0 aliphatic carbocycles. The van der Waals surface area contributed by atoms with E-state index in [2.05, 4.69) is 20.7 Å². The molecule has 108 valence electrons. The average molecular weight is 357 g/mol. The minimum Gasteiger partial charge on any atom is -0.456 e. The van der Waals surface area contributed by atoms with E-state index in [9.17, 15) is 13.2 Å². The summed E-state index contributed by atoms with van der Waals surface area (Å²) in [6.07, 6.45) is -4.74. The zero-order chi connectivity index (χ0) is 15.0. The van der Waals surface area contributed by atoms with Crippen LogP contribution in [0.3, 0.4) is 0 Å². The third-order valence-corrected chi connectivity index (χ3v) is 3.35. The maximum Gasteiger partial charge on any atom is 0.573 e. The molecule has 21 heavy (non-hydrogen) atoms. The molecule has 0 saturated carbocycles. The Bertz CT molecular complexity index is 793. The molecule has 2 nitrogen and oxygen atoms in total. The standard InChI is InChI=1S/C15H8BrF3O2/c16-10-6-5-9-7-14(20-13(9)8-10)11-3-1-2-4-12(11)21-15(17,18)19/h1-8H. The van der Waals surface area contributed by atoms with E-state index < -0.39 is 6.36 Å². The summed E-state index contributed by atoms with van der Waals surface area (Å²) in [6.45, 7) is 0. The Morgan fingerprint density at radius 3 is 2.52 bits per heavy atom. The molecule has 3 aromatic rings. The van der Waals surface area contributed by atoms with Crippen LogP contribution >= 0.6 is 15.9 Å². The minimum absolute atomic E-state index is 0.252. The van der Waals surface area contributed by atoms with Crippen molar-refractivity contribution < 1.29 is 22.3 Å². The van der Waals surface area contributed by atoms with Gasteiger partial charge in [-0.3, -0.25) is 0 Å². The van der Waals surface area contributed by atoms with E-state index in [4.69, 9.17) is 4.42 Å². The molecule has 1 aromatic heterocycles. The fraction of sp³-hybridized carbons (Fsp3) is 0.0667. The van der Waals surface area contributed by atoms with Gasteiger partial charge in [-0.2, -0.15) is 0 Å². The third kappa shape index (κ3) is 3.05. The van der Waals surface area contributed by atoms with Gasteiger partial charge >= 0.3 is 6.36 Å². The highest BCUT2D eigenvalue weighted by molar-refractivity contribution is 9.10. The lowest BCUT2D eigenvalue weighted by Gasteiger charge is -2.11. The topological polar surface area (TPSA) is 22.4 Å². The largest absolute Gasteiger partial charge is 0.573 e. The van der Waals surface area contributed by atoms with Crippen molar-refractivity contribution >= 4 is 26.9 Å². The van der Waals surface area contributed by atoms with Gasteiger partial charge in [-0.25, -0.2) is 0 Å². The van der Waals surface area contributed by atoms with Gasteiger partial charge in [0.2, 0.25) is 0 Å². The molecule has 0 N–H and O–H groups in total. The van der Waals surface area contributed by atoms with Crippen molar-refractivity contribution in [2.24, 2.45) is 0 Å². The van der Waals surface area contributed by atoms with E-state index in [-0.39, 0.29) is 11.3 Å². The number of furan rings is 1. The molecular weight excluding hydrogens is 349 g/mol. The van der Waals surface area contributed by atoms with Crippen LogP contribution in [0.2, 0.25) is 0 Å². The van der Waals surface area contributed by atoms with Crippen LogP contribution in [-0.4, -0.2) is 6.36 Å². The summed E-state index contributed by atoms with van der Waals surface area (Å²) in [7, 11) is 0. The highest BCUT2D eigenvalue weighted by atomic mass is 79.9. The van der Waals surface area contributed by atoms with Crippen LogP contribution in [-0.2, 0) is 0 Å². The van der Waals surface area contributed by atoms with Gasteiger partial charge in [0.05, 0.1) is 5.56 Å². The maximum atomic E-state index is 12.4. The molecular formula is C15H8BrF3O2. The molecule has 0 fully saturated rings. The number of ether oxygens (including phenoxy) is 1. The molecule has 2 aromatic carbocycles. The highest BCUT2D eigenvalue weighted by Crippen LogP contribution is 2.37. The summed E-state index contributed by atoms with van der Waals surface area (Å²) >= 11 is 3.32. The minimum atomic E-state index is -4.74. The molecule has 3 rings (SSSR count). The van der Waals surface area contributed by atoms with Gasteiger partial charge < -0.3 is 9.15 Å². The second-order valence-corrected chi connectivity index (χ2v) is 5.25. The van der Waals surface area contributed by atoms with Crippen molar-refractivity contribution in [2.75, 3.05) is 0 Å². The quantitative estimate of drug-likeness (QED) is 0.582. The molecule has 6 heteroatoms. The van der Waals surface area contributed by atoms with Crippen molar-refractivity contribution in [3.8, 4) is 17.1 Å². The Kier molecular flexibility index (Phi) is 3.41. The maximum absolute atomic E-state index is 12.4. The van der Waals surface area contributed by atoms with Crippen LogP contribution in [0.25, 0.3) is 22.3 Å². The van der Waals surface area contributed by atoms with Crippen LogP contribution in [0.1, 0.15) is 0 Å². The van der Waals surface area contributed by atoms with Crippen molar-refractivity contribution in [3.63, 3.8) is 0 Å². The van der Waals surface area contributed by atoms with Crippen molar-refractivity contribution in [3.05, 3.63) is 53.0 Å². The molecule has 0 atom stereocenters. The number of benzene rings is 2. The van der Waals surface area contributed by atoms with Crippen LogP contribution in [0.4, 0.5) is 13.2 Å². The highest BCUT2D eigenvalue weighted by Gasteiger charge is 2.32. The predicted molar refractivity (Wildman–Crippen MR) is 76.0 cm³/mol. The van der Waals surface area contributed by atoms with Crippen molar-refractivity contribution in [1.29, 1.82) is 0 Å². The van der Waals surface area contributed by atoms with E-state index >= 15 is 0 Å². The molecule has 0 aliphatic heterocycles. The van der Waals surface area contributed by atoms with Crippen LogP contribution in [0.15, 0.2) is 57.4 Å². The van der Waals surface area contributed by atoms with Gasteiger partial charge in [-0.15, -0.1) is 13.2 Å². The lowest BCUT2D eigenvalue weighted by molar-refractivity contribution is -0.274. The van der Waals surface area contributed by atoms with Gasteiger partial charge in [0.15, 0.2) is 0 Å². The smallest absolute Gasteiger partial charge is 0.456 e. The Labute approximate surface area is 126 Å². The summed E-state index contributed by atoms with van der Waals surface area (Å²) in [6, 6.07) is 13.0. The Morgan fingerprint density at radius 1 is 1.00 bits per heavy atom. The van der Waals surface area contributed by atoms with Gasteiger partial charge in [0.1, 0.15) is 17.1 Å². The Hall–Kier alpha value is -1.95. The first-order valence-electron chi connectivity index (χ1n) is 5.97. The summed E-state index contributed by atoms with van der Waals surface area (Å²) < 4.78 is 47.8. The van der Waals surface area contributed by atoms with E-state index in [0.29, 0.717) is 11.3 Å². The molecule has 1 heterocycles. The number of hydrogen-bond donors (Lipinski definition) is 0. The molecule has 0 aliphatic rings. The number of alkyl halides is 3. The summed E-state index contributed by atoms with van der Waals surface area (Å²) in [5.74, 6) is 0.0334. The molecule has 0 saturated heterocycles. The van der Waals surface area contributed by atoms with Gasteiger partial charge in [-0.1, -0.05) is 28.1 Å². The fourth-order valence-electron chi connectivity index (χ4n) is 2.02. The third-order valence-electron chi connectivity index (χ3n) is 2.86. The van der Waals surface area contributed by atoms with Crippen LogP contribution in [0, 0.1) is 0 Å². The normalized spacial score (nSPS) is 11.8. The second kappa shape index (κ2) is 5.11. The van der Waals surface area contributed by atoms with E-state index in [0.717, 1.165) is 9.86 Å². The zero-order valence-corrected chi connectivity index (χ0v) is 12.0. The molecule has 0 amide bonds. The molecule has 0 bridgehead atoms. The van der Waals surface area contributed by atoms with Crippen molar-refractivity contribution in [2.45, 2.75) is 6.36 Å². The lowest BCUT2D eigenvalue weighted by Crippen LogP contribution is -2.17. The molecule has 0 radical (unpaired) electrons. The van der Waals surface area contributed by atoms with E-state index in [1.54, 1.807) is 18.2 Å². The first-order valence-corrected chi connectivity index (χ1v) is 6.76. The van der Waals surface area contributed by atoms with E-state index in [1.165, 1.54) is 18.2 Å². The van der Waals surface area contributed by atoms with Gasteiger partial charge in [0.25, 0.3) is 0 Å². The lowest BCUT2D eigenvalue weighted by atomic mass is 10.1. The monoisotopic (exact) mass is 356 g/mol. The predicted octanol–water partition coefficient (Wildman–Crippen LogP) is 5.76. The van der Waals surface area contributed by atoms with Crippen molar-refractivity contribution in [1.82, 2.24) is 0 Å². The van der Waals surface area contributed by atoms with Crippen LogP contribution in [0.5, 0.6) is 5.75 Å². The number of hydrogen-bond acceptors (Lipinski definition) is 2. The summed E-state index contributed by atoms with van der Waals surface area (Å²) in [5, 5.41) is 0.801. The Balaban J connectivity index is 2.10. The second-order valence-electron chi connectivity index (χ2n) is 4.34. The van der Waals surface area contributed by atoms with Gasteiger partial charge in [-0.05, 0) is 36.4 Å². The summed E-state index contributed by atoms with van der Waals surface area (Å²) in [5.41, 5.74) is 0.836. The fourth-order valence-corrected chi connectivity index (χ4v) is 2.36. The first kappa shape index (κ1) is 14.0.